The highest BCUT2D eigenvalue weighted by Crippen LogP contribution is 2.41. The number of nitrogens with zero attached hydrogens (tertiary/aromatic N) is 2. The maximum atomic E-state index is 4.38. The number of nitrogens with one attached hydrogen (secondary N) is 2. The van der Waals surface area contributed by atoms with Crippen molar-refractivity contribution in [1.29, 1.82) is 0 Å². The minimum Gasteiger partial charge on any atom is -0.370 e. The van der Waals surface area contributed by atoms with Gasteiger partial charge in [-0.3, -0.25) is 0 Å². The quantitative estimate of drug-likeness (QED) is 0.891. The SMILES string of the molecule is Cc1ccc([C@@H](NC[C@@H]2CNc3ccnn3C2)C2CC2)cc1. The summed E-state index contributed by atoms with van der Waals surface area (Å²) >= 11 is 0. The molecule has 1 aromatic heterocycles. The predicted octanol–water partition coefficient (Wildman–Crippen LogP) is 2.97. The molecule has 4 rings (SSSR count). The van der Waals surface area contributed by atoms with Crippen LogP contribution in [0.3, 0.4) is 0 Å². The van der Waals surface area contributed by atoms with Gasteiger partial charge in [0.1, 0.15) is 5.82 Å². The van der Waals surface area contributed by atoms with E-state index in [2.05, 4.69) is 51.6 Å². The van der Waals surface area contributed by atoms with E-state index in [0.717, 1.165) is 31.4 Å². The Morgan fingerprint density at radius 1 is 1.27 bits per heavy atom. The summed E-state index contributed by atoms with van der Waals surface area (Å²) in [7, 11) is 0. The zero-order valence-corrected chi connectivity index (χ0v) is 13.1. The molecule has 0 saturated heterocycles. The summed E-state index contributed by atoms with van der Waals surface area (Å²) in [5, 5.41) is 11.7. The number of hydrogen-bond acceptors (Lipinski definition) is 3. The highest BCUT2D eigenvalue weighted by Gasteiger charge is 2.32. The molecule has 22 heavy (non-hydrogen) atoms. The topological polar surface area (TPSA) is 41.9 Å². The van der Waals surface area contributed by atoms with E-state index in [1.54, 1.807) is 0 Å². The fraction of sp³-hybridized carbons (Fsp3) is 0.500. The van der Waals surface area contributed by atoms with Crippen molar-refractivity contribution < 1.29 is 0 Å². The molecular formula is C18H24N4. The predicted molar refractivity (Wildman–Crippen MR) is 88.9 cm³/mol. The van der Waals surface area contributed by atoms with Crippen molar-refractivity contribution in [2.75, 3.05) is 18.4 Å². The summed E-state index contributed by atoms with van der Waals surface area (Å²) in [6, 6.07) is 11.6. The lowest BCUT2D eigenvalue weighted by Gasteiger charge is -2.28. The highest BCUT2D eigenvalue weighted by atomic mass is 15.3. The van der Waals surface area contributed by atoms with Crippen LogP contribution in [0.5, 0.6) is 0 Å². The molecular weight excluding hydrogens is 272 g/mol. The third-order valence-corrected chi connectivity index (χ3v) is 4.88. The van der Waals surface area contributed by atoms with E-state index < -0.39 is 0 Å². The lowest BCUT2D eigenvalue weighted by molar-refractivity contribution is 0.358. The zero-order chi connectivity index (χ0) is 14.9. The first-order valence-electron chi connectivity index (χ1n) is 8.35. The normalized spacial score (nSPS) is 22.0. The first-order chi connectivity index (χ1) is 10.8. The molecule has 1 aliphatic carbocycles. The lowest BCUT2D eigenvalue weighted by Crippen LogP contribution is -2.37. The van der Waals surface area contributed by atoms with Crippen molar-refractivity contribution in [3.63, 3.8) is 0 Å². The number of fused-ring (bicyclic) bond motifs is 1. The standard InChI is InChI=1S/C18H24N4/c1-13-2-4-15(5-3-13)18(16-6-7-16)20-11-14-10-19-17-8-9-21-22(17)12-14/h2-5,8-9,14,16,18-20H,6-7,10-12H2,1H3/t14-,18+/m0/s1. The van der Waals surface area contributed by atoms with Gasteiger partial charge in [-0.05, 0) is 31.2 Å². The smallest absolute Gasteiger partial charge is 0.124 e. The van der Waals surface area contributed by atoms with Crippen LogP contribution in [-0.4, -0.2) is 22.9 Å². The van der Waals surface area contributed by atoms with Gasteiger partial charge >= 0.3 is 0 Å². The van der Waals surface area contributed by atoms with E-state index >= 15 is 0 Å². The minimum absolute atomic E-state index is 0.514. The lowest BCUT2D eigenvalue weighted by atomic mass is 9.99. The Bertz CT molecular complexity index is 627. The highest BCUT2D eigenvalue weighted by molar-refractivity contribution is 5.35. The average molecular weight is 296 g/mol. The number of anilines is 1. The Morgan fingerprint density at radius 2 is 2.09 bits per heavy atom. The van der Waals surface area contributed by atoms with E-state index in [1.807, 2.05) is 12.3 Å². The number of rotatable bonds is 5. The van der Waals surface area contributed by atoms with E-state index in [4.69, 9.17) is 0 Å². The molecule has 4 heteroatoms. The number of aromatic nitrogens is 2. The van der Waals surface area contributed by atoms with Gasteiger partial charge in [-0.25, -0.2) is 4.68 Å². The molecule has 2 aromatic rings. The average Bonchev–Trinajstić information content (AvgIpc) is 3.26. The van der Waals surface area contributed by atoms with Crippen molar-refractivity contribution in [1.82, 2.24) is 15.1 Å². The monoisotopic (exact) mass is 296 g/mol. The summed E-state index contributed by atoms with van der Waals surface area (Å²) in [4.78, 5) is 0. The molecule has 1 aromatic carbocycles. The van der Waals surface area contributed by atoms with E-state index in [-0.39, 0.29) is 0 Å². The van der Waals surface area contributed by atoms with Gasteiger partial charge in [0.05, 0.1) is 6.20 Å². The third-order valence-electron chi connectivity index (χ3n) is 4.88. The van der Waals surface area contributed by atoms with Crippen LogP contribution in [0.4, 0.5) is 5.82 Å². The summed E-state index contributed by atoms with van der Waals surface area (Å²) in [5.41, 5.74) is 2.78. The molecule has 4 nitrogen and oxygen atoms in total. The molecule has 116 valence electrons. The van der Waals surface area contributed by atoms with Gasteiger partial charge in [0.25, 0.3) is 0 Å². The van der Waals surface area contributed by atoms with Crippen LogP contribution < -0.4 is 10.6 Å². The second kappa shape index (κ2) is 5.76. The first kappa shape index (κ1) is 13.8. The van der Waals surface area contributed by atoms with E-state index in [9.17, 15) is 0 Å². The second-order valence-corrected chi connectivity index (χ2v) is 6.78. The molecule has 0 amide bonds. The van der Waals surface area contributed by atoms with Gasteiger partial charge in [-0.15, -0.1) is 0 Å². The Balaban J connectivity index is 1.40. The maximum Gasteiger partial charge on any atom is 0.124 e. The Kier molecular flexibility index (Phi) is 3.62. The van der Waals surface area contributed by atoms with Crippen LogP contribution >= 0.6 is 0 Å². The Morgan fingerprint density at radius 3 is 2.86 bits per heavy atom. The largest absolute Gasteiger partial charge is 0.370 e. The van der Waals surface area contributed by atoms with Crippen LogP contribution in [0, 0.1) is 18.8 Å². The molecule has 2 atom stereocenters. The van der Waals surface area contributed by atoms with Crippen LogP contribution in [0.25, 0.3) is 0 Å². The molecule has 0 radical (unpaired) electrons. The summed E-state index contributed by atoms with van der Waals surface area (Å²) in [6.07, 6.45) is 4.59. The molecule has 2 aliphatic rings. The summed E-state index contributed by atoms with van der Waals surface area (Å²) in [6.45, 7) is 5.23. The van der Waals surface area contributed by atoms with Crippen LogP contribution in [-0.2, 0) is 6.54 Å². The summed E-state index contributed by atoms with van der Waals surface area (Å²) < 4.78 is 2.08. The van der Waals surface area contributed by atoms with Crippen molar-refractivity contribution in [3.8, 4) is 0 Å². The first-order valence-corrected chi connectivity index (χ1v) is 8.35. The van der Waals surface area contributed by atoms with Crippen LogP contribution in [0.15, 0.2) is 36.5 Å². The van der Waals surface area contributed by atoms with Gasteiger partial charge in [-0.1, -0.05) is 29.8 Å². The van der Waals surface area contributed by atoms with Gasteiger partial charge < -0.3 is 10.6 Å². The number of aryl methyl sites for hydroxylation is 1. The van der Waals surface area contributed by atoms with Crippen LogP contribution in [0.1, 0.15) is 30.0 Å². The van der Waals surface area contributed by atoms with Crippen LogP contribution in [0.2, 0.25) is 0 Å². The summed E-state index contributed by atoms with van der Waals surface area (Å²) in [5.74, 6) is 2.56. The van der Waals surface area contributed by atoms with Crippen molar-refractivity contribution in [3.05, 3.63) is 47.7 Å². The van der Waals surface area contributed by atoms with Gasteiger partial charge in [-0.2, -0.15) is 5.10 Å². The Labute approximate surface area is 131 Å². The molecule has 1 fully saturated rings. The van der Waals surface area contributed by atoms with Gasteiger partial charge in [0.15, 0.2) is 0 Å². The zero-order valence-electron chi connectivity index (χ0n) is 13.1. The molecule has 1 saturated carbocycles. The molecule has 2 N–H and O–H groups in total. The van der Waals surface area contributed by atoms with E-state index in [1.165, 1.54) is 24.0 Å². The van der Waals surface area contributed by atoms with E-state index in [0.29, 0.717) is 12.0 Å². The third kappa shape index (κ3) is 2.88. The molecule has 0 unspecified atom stereocenters. The fourth-order valence-corrected chi connectivity index (χ4v) is 3.38. The molecule has 1 aliphatic heterocycles. The van der Waals surface area contributed by atoms with Crippen molar-refractivity contribution in [2.45, 2.75) is 32.4 Å². The Hall–Kier alpha value is -1.81. The molecule has 0 spiro atoms. The maximum absolute atomic E-state index is 4.38. The minimum atomic E-state index is 0.514. The number of hydrogen-bond donors (Lipinski definition) is 2. The van der Waals surface area contributed by atoms with Crippen molar-refractivity contribution in [2.24, 2.45) is 11.8 Å². The van der Waals surface area contributed by atoms with Gasteiger partial charge in [0.2, 0.25) is 0 Å². The molecule has 2 heterocycles. The second-order valence-electron chi connectivity index (χ2n) is 6.78. The fourth-order valence-electron chi connectivity index (χ4n) is 3.38. The van der Waals surface area contributed by atoms with Crippen molar-refractivity contribution >= 4 is 5.82 Å². The van der Waals surface area contributed by atoms with Gasteiger partial charge in [0, 0.05) is 37.7 Å². The molecule has 0 bridgehead atoms. The number of benzene rings is 1.